The number of carbonyl (C=O) groups excluding carboxylic acids is 3. The van der Waals surface area contributed by atoms with Crippen LogP contribution in [0, 0.1) is 10.1 Å². The highest BCUT2D eigenvalue weighted by Crippen LogP contribution is 2.19. The van der Waals surface area contributed by atoms with Gasteiger partial charge in [-0.2, -0.15) is 0 Å². The maximum atomic E-state index is 12.3. The zero-order chi connectivity index (χ0) is 22.2. The fourth-order valence-electron chi connectivity index (χ4n) is 3.09. The van der Waals surface area contributed by atoms with Gasteiger partial charge in [-0.05, 0) is 43.2 Å². The van der Waals surface area contributed by atoms with Crippen molar-refractivity contribution in [3.8, 4) is 0 Å². The Bertz CT molecular complexity index is 970. The van der Waals surface area contributed by atoms with Crippen molar-refractivity contribution in [3.63, 3.8) is 0 Å². The minimum atomic E-state index is -0.619. The number of benzene rings is 2. The number of anilines is 1. The third-order valence-corrected chi connectivity index (χ3v) is 4.68. The summed E-state index contributed by atoms with van der Waals surface area (Å²) in [5, 5.41) is 19.0. The van der Waals surface area contributed by atoms with Crippen LogP contribution in [0.3, 0.4) is 0 Å². The smallest absolute Gasteiger partial charge is 0.282 e. The summed E-state index contributed by atoms with van der Waals surface area (Å²) in [4.78, 5) is 46.8. The zero-order valence-electron chi connectivity index (χ0n) is 16.6. The van der Waals surface area contributed by atoms with Gasteiger partial charge in [-0.3, -0.25) is 24.5 Å². The van der Waals surface area contributed by atoms with Gasteiger partial charge in [0.05, 0.1) is 4.92 Å². The van der Waals surface area contributed by atoms with E-state index in [1.807, 2.05) is 0 Å². The van der Waals surface area contributed by atoms with Crippen LogP contribution < -0.4 is 16.0 Å². The molecule has 1 aliphatic rings. The molecule has 31 heavy (non-hydrogen) atoms. The second-order valence-corrected chi connectivity index (χ2v) is 6.85. The second kappa shape index (κ2) is 10.3. The Hall–Kier alpha value is -3.79. The maximum absolute atomic E-state index is 12.3. The Labute approximate surface area is 178 Å². The summed E-state index contributed by atoms with van der Waals surface area (Å²) in [6.45, 7) is 1.13. The summed E-state index contributed by atoms with van der Waals surface area (Å²) in [7, 11) is 0. The van der Waals surface area contributed by atoms with Gasteiger partial charge >= 0.3 is 0 Å². The molecule has 0 bridgehead atoms. The number of hydrogen-bond donors (Lipinski definition) is 3. The summed E-state index contributed by atoms with van der Waals surface area (Å²) in [5.41, 5.74) is 0.416. The molecule has 1 fully saturated rings. The average Bonchev–Trinajstić information content (AvgIpc) is 3.32. The number of nitrogens with zero attached hydrogens (tertiary/aromatic N) is 1. The number of nitrogens with one attached hydrogen (secondary N) is 3. The highest BCUT2D eigenvalue weighted by molar-refractivity contribution is 6.07. The summed E-state index contributed by atoms with van der Waals surface area (Å²) in [6, 6.07) is 11.7. The van der Waals surface area contributed by atoms with Crippen LogP contribution in [0.1, 0.15) is 33.6 Å². The van der Waals surface area contributed by atoms with Crippen LogP contribution in [-0.2, 0) is 9.53 Å². The van der Waals surface area contributed by atoms with Crippen LogP contribution in [-0.4, -0.2) is 48.4 Å². The first kappa shape index (κ1) is 21.9. The summed E-state index contributed by atoms with van der Waals surface area (Å²) in [5.74, 6) is -1.13. The molecule has 0 spiro atoms. The maximum Gasteiger partial charge on any atom is 0.282 e. The first-order valence-electron chi connectivity index (χ1n) is 9.78. The molecule has 1 aliphatic heterocycles. The molecule has 2 aromatic carbocycles. The van der Waals surface area contributed by atoms with Gasteiger partial charge in [0.25, 0.3) is 17.5 Å². The first-order valence-corrected chi connectivity index (χ1v) is 9.78. The topological polar surface area (TPSA) is 140 Å². The van der Waals surface area contributed by atoms with E-state index in [-0.39, 0.29) is 36.2 Å². The van der Waals surface area contributed by atoms with Crippen LogP contribution >= 0.6 is 0 Å². The van der Waals surface area contributed by atoms with Crippen molar-refractivity contribution in [3.05, 3.63) is 69.8 Å². The van der Waals surface area contributed by atoms with E-state index in [2.05, 4.69) is 16.0 Å². The zero-order valence-corrected chi connectivity index (χ0v) is 16.6. The number of carbonyl (C=O) groups is 3. The molecule has 0 radical (unpaired) electrons. The standard InChI is InChI=1S/C21H22N4O6/c26-19(22-11-12-23-21(28)18-6-3-13-31-18)14-7-9-15(10-8-14)24-20(27)16-4-1-2-5-17(16)25(29)30/h1-2,4-5,7-10,18H,3,6,11-13H2,(H,22,26)(H,23,28)(H,24,27). The van der Waals surface area contributed by atoms with Crippen molar-refractivity contribution in [2.45, 2.75) is 18.9 Å². The Morgan fingerprint density at radius 1 is 1.00 bits per heavy atom. The number of amides is 3. The second-order valence-electron chi connectivity index (χ2n) is 6.85. The molecule has 3 amide bonds. The number of rotatable bonds is 8. The Morgan fingerprint density at radius 3 is 2.39 bits per heavy atom. The fraction of sp³-hybridized carbons (Fsp3) is 0.286. The molecule has 1 heterocycles. The minimum Gasteiger partial charge on any atom is -0.368 e. The Kier molecular flexibility index (Phi) is 7.28. The third-order valence-electron chi connectivity index (χ3n) is 4.68. The molecule has 0 saturated carbocycles. The van der Waals surface area contributed by atoms with E-state index in [4.69, 9.17) is 4.74 Å². The number of para-hydroxylation sites is 1. The van der Waals surface area contributed by atoms with Gasteiger partial charge in [0.15, 0.2) is 0 Å². The van der Waals surface area contributed by atoms with Crippen molar-refractivity contribution < 1.29 is 24.0 Å². The molecule has 10 heteroatoms. The van der Waals surface area contributed by atoms with Gasteiger partial charge in [-0.1, -0.05) is 12.1 Å². The molecule has 1 saturated heterocycles. The lowest BCUT2D eigenvalue weighted by molar-refractivity contribution is -0.385. The molecule has 0 aromatic heterocycles. The van der Waals surface area contributed by atoms with Crippen molar-refractivity contribution >= 4 is 29.1 Å². The number of ether oxygens (including phenoxy) is 1. The van der Waals surface area contributed by atoms with Crippen molar-refractivity contribution in [1.29, 1.82) is 0 Å². The van der Waals surface area contributed by atoms with Gasteiger partial charge in [0, 0.05) is 37.0 Å². The lowest BCUT2D eigenvalue weighted by Crippen LogP contribution is -2.39. The Morgan fingerprint density at radius 2 is 1.71 bits per heavy atom. The molecule has 1 unspecified atom stereocenters. The van der Waals surface area contributed by atoms with Crippen molar-refractivity contribution in [1.82, 2.24) is 10.6 Å². The minimum absolute atomic E-state index is 0.0561. The largest absolute Gasteiger partial charge is 0.368 e. The highest BCUT2D eigenvalue weighted by Gasteiger charge is 2.23. The number of nitro benzene ring substituents is 1. The molecule has 3 rings (SSSR count). The molecule has 3 N–H and O–H groups in total. The molecular weight excluding hydrogens is 404 g/mol. The molecule has 162 valence electrons. The summed E-state index contributed by atoms with van der Waals surface area (Å²) in [6.07, 6.45) is 1.17. The van der Waals surface area contributed by atoms with Crippen LogP contribution in [0.25, 0.3) is 0 Å². The van der Waals surface area contributed by atoms with Crippen LogP contribution in [0.2, 0.25) is 0 Å². The van der Waals surface area contributed by atoms with Gasteiger partial charge in [-0.25, -0.2) is 0 Å². The number of hydrogen-bond acceptors (Lipinski definition) is 6. The first-order chi connectivity index (χ1) is 15.0. The van der Waals surface area contributed by atoms with E-state index >= 15 is 0 Å². The lowest BCUT2D eigenvalue weighted by Gasteiger charge is -2.11. The SMILES string of the molecule is O=C(NCCNC(=O)C1CCCO1)c1ccc(NC(=O)c2ccccc2[N+](=O)[O-])cc1. The third kappa shape index (κ3) is 5.86. The summed E-state index contributed by atoms with van der Waals surface area (Å²) >= 11 is 0. The Balaban J connectivity index is 1.48. The normalized spacial score (nSPS) is 15.2. The monoisotopic (exact) mass is 426 g/mol. The van der Waals surface area contributed by atoms with Crippen LogP contribution in [0.4, 0.5) is 11.4 Å². The fourth-order valence-corrected chi connectivity index (χ4v) is 3.09. The highest BCUT2D eigenvalue weighted by atomic mass is 16.6. The average molecular weight is 426 g/mol. The quantitative estimate of drug-likeness (QED) is 0.334. The van der Waals surface area contributed by atoms with Gasteiger partial charge in [-0.15, -0.1) is 0 Å². The van der Waals surface area contributed by atoms with E-state index in [1.165, 1.54) is 42.5 Å². The van der Waals surface area contributed by atoms with E-state index in [9.17, 15) is 24.5 Å². The molecule has 1 atom stereocenters. The molecule has 0 aliphatic carbocycles. The molecule has 2 aromatic rings. The van der Waals surface area contributed by atoms with Gasteiger partial charge in [0.2, 0.25) is 5.91 Å². The van der Waals surface area contributed by atoms with Crippen LogP contribution in [0.15, 0.2) is 48.5 Å². The van der Waals surface area contributed by atoms with Gasteiger partial charge < -0.3 is 20.7 Å². The van der Waals surface area contributed by atoms with Crippen molar-refractivity contribution in [2.24, 2.45) is 0 Å². The van der Waals surface area contributed by atoms with E-state index < -0.39 is 16.9 Å². The summed E-state index contributed by atoms with van der Waals surface area (Å²) < 4.78 is 5.28. The number of nitro groups is 1. The van der Waals surface area contributed by atoms with E-state index in [1.54, 1.807) is 6.07 Å². The van der Waals surface area contributed by atoms with Crippen molar-refractivity contribution in [2.75, 3.05) is 25.0 Å². The van der Waals surface area contributed by atoms with E-state index in [0.717, 1.165) is 6.42 Å². The predicted molar refractivity (Wildman–Crippen MR) is 112 cm³/mol. The van der Waals surface area contributed by atoms with Crippen LogP contribution in [0.5, 0.6) is 0 Å². The molecule has 10 nitrogen and oxygen atoms in total. The van der Waals surface area contributed by atoms with Gasteiger partial charge in [0.1, 0.15) is 11.7 Å². The lowest BCUT2D eigenvalue weighted by atomic mass is 10.1. The molecular formula is C21H22N4O6. The predicted octanol–water partition coefficient (Wildman–Crippen LogP) is 1.87. The van der Waals surface area contributed by atoms with E-state index in [0.29, 0.717) is 24.3 Å².